The van der Waals surface area contributed by atoms with Gasteiger partial charge in [-0.3, -0.25) is 4.79 Å². The Balaban J connectivity index is 2.06. The minimum atomic E-state index is -0.177. The lowest BCUT2D eigenvalue weighted by molar-refractivity contribution is -0.117. The smallest absolute Gasteiger partial charge is 0.252 e. The highest BCUT2D eigenvalue weighted by molar-refractivity contribution is 7.16. The van der Waals surface area contributed by atoms with Crippen LogP contribution in [0.4, 0.5) is 0 Å². The number of hydrogen-bond acceptors (Lipinski definition) is 4. The monoisotopic (exact) mass is 382 g/mol. The molecule has 6 heteroatoms. The van der Waals surface area contributed by atoms with E-state index in [4.69, 9.17) is 9.47 Å². The van der Waals surface area contributed by atoms with Gasteiger partial charge in [-0.15, -0.1) is 6.58 Å². The van der Waals surface area contributed by atoms with Crippen molar-refractivity contribution in [1.29, 1.82) is 0 Å². The summed E-state index contributed by atoms with van der Waals surface area (Å²) in [4.78, 5) is 17.5. The number of thiazole rings is 1. The second kappa shape index (κ2) is 8.22. The summed E-state index contributed by atoms with van der Waals surface area (Å²) in [6.07, 6.45) is 2.06. The molecule has 0 bridgehead atoms. The van der Waals surface area contributed by atoms with E-state index < -0.39 is 0 Å². The molecule has 1 heterocycles. The molecule has 0 aliphatic heterocycles. The average molecular weight is 382 g/mol. The summed E-state index contributed by atoms with van der Waals surface area (Å²) in [5.41, 5.74) is 3.02. The fourth-order valence-electron chi connectivity index (χ4n) is 2.93. The molecule has 0 spiro atoms. The minimum Gasteiger partial charge on any atom is -0.493 e. The lowest BCUT2D eigenvalue weighted by Gasteiger charge is -2.08. The molecule has 0 N–H and O–H groups in total. The van der Waals surface area contributed by atoms with E-state index in [1.165, 1.54) is 11.3 Å². The standard InChI is InChI=1S/C21H22N2O3S/c1-5-9-23-16-12-17(25-3)18(26-4)13-19(16)27-21(23)22-20(24)11-15-8-6-7-14(2)10-15/h5-8,10,12-13H,1,9,11H2,2-4H3. The van der Waals surface area contributed by atoms with E-state index in [2.05, 4.69) is 11.6 Å². The van der Waals surface area contributed by atoms with Crippen molar-refractivity contribution in [2.75, 3.05) is 14.2 Å². The fourth-order valence-corrected chi connectivity index (χ4v) is 4.00. The van der Waals surface area contributed by atoms with Crippen LogP contribution in [-0.2, 0) is 17.8 Å². The Hall–Kier alpha value is -2.86. The van der Waals surface area contributed by atoms with Crippen molar-refractivity contribution in [2.45, 2.75) is 19.9 Å². The van der Waals surface area contributed by atoms with Crippen molar-refractivity contribution in [1.82, 2.24) is 4.57 Å². The summed E-state index contributed by atoms with van der Waals surface area (Å²) in [7, 11) is 3.20. The Morgan fingerprint density at radius 1 is 1.22 bits per heavy atom. The number of aryl methyl sites for hydroxylation is 1. The number of carbonyl (C=O) groups excluding carboxylic acids is 1. The molecule has 27 heavy (non-hydrogen) atoms. The zero-order valence-corrected chi connectivity index (χ0v) is 16.5. The average Bonchev–Trinajstić information content (AvgIpc) is 2.97. The predicted octanol–water partition coefficient (Wildman–Crippen LogP) is 3.88. The molecule has 0 aliphatic rings. The van der Waals surface area contributed by atoms with Crippen LogP contribution in [0.25, 0.3) is 10.2 Å². The summed E-state index contributed by atoms with van der Waals surface area (Å²) in [6.45, 7) is 6.38. The van der Waals surface area contributed by atoms with Gasteiger partial charge < -0.3 is 14.0 Å². The molecule has 0 unspecified atom stereocenters. The fraction of sp³-hybridized carbons (Fsp3) is 0.238. The van der Waals surface area contributed by atoms with Crippen molar-refractivity contribution in [3.63, 3.8) is 0 Å². The van der Waals surface area contributed by atoms with E-state index in [1.54, 1.807) is 20.3 Å². The molecular weight excluding hydrogens is 360 g/mol. The Morgan fingerprint density at radius 2 is 1.96 bits per heavy atom. The minimum absolute atomic E-state index is 0.177. The SMILES string of the molecule is C=CCn1c(=NC(=O)Cc2cccc(C)c2)sc2cc(OC)c(OC)cc21. The highest BCUT2D eigenvalue weighted by Gasteiger charge is 2.13. The number of fused-ring (bicyclic) bond motifs is 1. The number of methoxy groups -OCH3 is 2. The quantitative estimate of drug-likeness (QED) is 0.608. The van der Waals surface area contributed by atoms with Crippen LogP contribution in [0, 0.1) is 6.92 Å². The second-order valence-electron chi connectivity index (χ2n) is 6.13. The van der Waals surface area contributed by atoms with Crippen LogP contribution in [-0.4, -0.2) is 24.7 Å². The van der Waals surface area contributed by atoms with Crippen LogP contribution in [0.15, 0.2) is 54.0 Å². The molecule has 0 saturated heterocycles. The number of amides is 1. The summed E-state index contributed by atoms with van der Waals surface area (Å²) in [5, 5.41) is 0. The topological polar surface area (TPSA) is 52.8 Å². The number of allylic oxidation sites excluding steroid dienone is 1. The first-order chi connectivity index (χ1) is 13.0. The molecule has 0 aliphatic carbocycles. The molecule has 1 amide bonds. The van der Waals surface area contributed by atoms with E-state index in [0.717, 1.165) is 21.3 Å². The van der Waals surface area contributed by atoms with Gasteiger partial charge in [0.15, 0.2) is 16.3 Å². The summed E-state index contributed by atoms with van der Waals surface area (Å²) >= 11 is 1.45. The Kier molecular flexibility index (Phi) is 5.76. The van der Waals surface area contributed by atoms with Crippen LogP contribution < -0.4 is 14.3 Å². The van der Waals surface area contributed by atoms with Gasteiger partial charge in [0.25, 0.3) is 5.91 Å². The number of nitrogens with zero attached hydrogens (tertiary/aromatic N) is 2. The Morgan fingerprint density at radius 3 is 2.63 bits per heavy atom. The second-order valence-corrected chi connectivity index (χ2v) is 7.14. The summed E-state index contributed by atoms with van der Waals surface area (Å²) in [5.74, 6) is 1.11. The van der Waals surface area contributed by atoms with E-state index in [0.29, 0.717) is 22.8 Å². The molecule has 140 valence electrons. The highest BCUT2D eigenvalue weighted by atomic mass is 32.1. The molecule has 0 atom stereocenters. The molecule has 2 aromatic carbocycles. The lowest BCUT2D eigenvalue weighted by atomic mass is 10.1. The van der Waals surface area contributed by atoms with Gasteiger partial charge in [0.05, 0.1) is 30.9 Å². The van der Waals surface area contributed by atoms with Crippen LogP contribution in [0.1, 0.15) is 11.1 Å². The zero-order chi connectivity index (χ0) is 19.4. The summed E-state index contributed by atoms with van der Waals surface area (Å²) < 4.78 is 13.7. The highest BCUT2D eigenvalue weighted by Crippen LogP contribution is 2.33. The largest absolute Gasteiger partial charge is 0.493 e. The van der Waals surface area contributed by atoms with Gasteiger partial charge in [-0.25, -0.2) is 0 Å². The Bertz CT molecular complexity index is 1060. The first kappa shape index (κ1) is 18.9. The van der Waals surface area contributed by atoms with Crippen molar-refractivity contribution in [3.8, 4) is 11.5 Å². The van der Waals surface area contributed by atoms with Crippen molar-refractivity contribution in [3.05, 3.63) is 65.0 Å². The molecule has 5 nitrogen and oxygen atoms in total. The molecule has 1 aromatic heterocycles. The molecule has 3 rings (SSSR count). The molecule has 3 aromatic rings. The van der Waals surface area contributed by atoms with Crippen LogP contribution in [0.2, 0.25) is 0 Å². The normalized spacial score (nSPS) is 11.6. The van der Waals surface area contributed by atoms with Gasteiger partial charge in [0.2, 0.25) is 0 Å². The number of benzene rings is 2. The van der Waals surface area contributed by atoms with Crippen molar-refractivity contribution in [2.24, 2.45) is 4.99 Å². The number of hydrogen-bond donors (Lipinski definition) is 0. The molecular formula is C21H22N2O3S. The van der Waals surface area contributed by atoms with Gasteiger partial charge in [-0.1, -0.05) is 47.2 Å². The first-order valence-corrected chi connectivity index (χ1v) is 9.36. The molecule has 0 fully saturated rings. The van der Waals surface area contributed by atoms with Gasteiger partial charge >= 0.3 is 0 Å². The number of carbonyl (C=O) groups is 1. The maximum absolute atomic E-state index is 12.5. The first-order valence-electron chi connectivity index (χ1n) is 8.55. The lowest BCUT2D eigenvalue weighted by Crippen LogP contribution is -2.17. The van der Waals surface area contributed by atoms with Gasteiger partial charge in [-0.2, -0.15) is 4.99 Å². The number of rotatable bonds is 6. The third kappa shape index (κ3) is 4.11. The number of ether oxygens (including phenoxy) is 2. The van der Waals surface area contributed by atoms with E-state index in [1.807, 2.05) is 47.9 Å². The maximum atomic E-state index is 12.5. The predicted molar refractivity (Wildman–Crippen MR) is 109 cm³/mol. The molecule has 0 radical (unpaired) electrons. The van der Waals surface area contributed by atoms with Crippen LogP contribution >= 0.6 is 11.3 Å². The maximum Gasteiger partial charge on any atom is 0.252 e. The van der Waals surface area contributed by atoms with Gasteiger partial charge in [0.1, 0.15) is 0 Å². The summed E-state index contributed by atoms with van der Waals surface area (Å²) in [6, 6.07) is 11.7. The van der Waals surface area contributed by atoms with Crippen LogP contribution in [0.3, 0.4) is 0 Å². The number of aromatic nitrogens is 1. The third-order valence-corrected chi connectivity index (χ3v) is 5.20. The van der Waals surface area contributed by atoms with Gasteiger partial charge in [-0.05, 0) is 12.5 Å². The van der Waals surface area contributed by atoms with Crippen molar-refractivity contribution < 1.29 is 14.3 Å². The van der Waals surface area contributed by atoms with Crippen molar-refractivity contribution >= 4 is 27.5 Å². The van der Waals surface area contributed by atoms with E-state index in [9.17, 15) is 4.79 Å². The molecule has 0 saturated carbocycles. The van der Waals surface area contributed by atoms with E-state index >= 15 is 0 Å². The van der Waals surface area contributed by atoms with Crippen LogP contribution in [0.5, 0.6) is 11.5 Å². The third-order valence-electron chi connectivity index (χ3n) is 4.16. The zero-order valence-electron chi connectivity index (χ0n) is 15.7. The van der Waals surface area contributed by atoms with E-state index in [-0.39, 0.29) is 12.3 Å². The Labute approximate surface area is 162 Å². The van der Waals surface area contributed by atoms with Gasteiger partial charge in [0, 0.05) is 18.7 Å².